The number of rotatable bonds is 3. The van der Waals surface area contributed by atoms with Crippen LogP contribution in [-0.2, 0) is 14.9 Å². The van der Waals surface area contributed by atoms with Gasteiger partial charge in [-0.25, -0.2) is 0 Å². The molecule has 0 radical (unpaired) electrons. The van der Waals surface area contributed by atoms with Crippen molar-refractivity contribution in [1.82, 2.24) is 0 Å². The second-order valence-corrected chi connectivity index (χ2v) is 6.40. The molecule has 19 heavy (non-hydrogen) atoms. The van der Waals surface area contributed by atoms with Crippen molar-refractivity contribution in [3.05, 3.63) is 35.9 Å². The largest absolute Gasteiger partial charge is 0.469 e. The van der Waals surface area contributed by atoms with Crippen LogP contribution >= 0.6 is 0 Å². The minimum atomic E-state index is -0.0332. The Kier molecular flexibility index (Phi) is 3.12. The number of methoxy groups -OCH3 is 1. The van der Waals surface area contributed by atoms with Gasteiger partial charge in [0.1, 0.15) is 0 Å². The van der Waals surface area contributed by atoms with E-state index < -0.39 is 0 Å². The van der Waals surface area contributed by atoms with E-state index >= 15 is 0 Å². The third-order valence-corrected chi connectivity index (χ3v) is 5.53. The monoisotopic (exact) mass is 258 g/mol. The summed E-state index contributed by atoms with van der Waals surface area (Å²) in [4.78, 5) is 11.6. The molecule has 3 fully saturated rings. The van der Waals surface area contributed by atoms with Gasteiger partial charge in [-0.15, -0.1) is 0 Å². The Hall–Kier alpha value is -1.31. The zero-order valence-electron chi connectivity index (χ0n) is 11.7. The van der Waals surface area contributed by atoms with Crippen molar-refractivity contribution in [2.75, 3.05) is 7.11 Å². The number of hydrogen-bond donors (Lipinski definition) is 0. The molecule has 0 saturated heterocycles. The molecule has 0 N–H and O–H groups in total. The normalized spacial score (nSPS) is 33.1. The highest BCUT2D eigenvalue weighted by molar-refractivity contribution is 5.70. The number of benzene rings is 1. The SMILES string of the molecule is COC(=O)CC12CCC(c3ccccc3)(CC1)CC2. The summed E-state index contributed by atoms with van der Waals surface area (Å²) in [6.45, 7) is 0. The van der Waals surface area contributed by atoms with Gasteiger partial charge in [0, 0.05) is 0 Å². The average molecular weight is 258 g/mol. The third kappa shape index (κ3) is 2.18. The highest BCUT2D eigenvalue weighted by atomic mass is 16.5. The molecule has 1 aromatic carbocycles. The number of hydrogen-bond acceptors (Lipinski definition) is 2. The quantitative estimate of drug-likeness (QED) is 0.770. The Balaban J connectivity index is 1.76. The highest BCUT2D eigenvalue weighted by Gasteiger charge is 2.49. The highest BCUT2D eigenvalue weighted by Crippen LogP contribution is 2.59. The van der Waals surface area contributed by atoms with E-state index in [9.17, 15) is 4.79 Å². The van der Waals surface area contributed by atoms with Gasteiger partial charge < -0.3 is 4.74 Å². The van der Waals surface area contributed by atoms with Crippen LogP contribution in [0.25, 0.3) is 0 Å². The molecule has 3 saturated carbocycles. The van der Waals surface area contributed by atoms with Crippen LogP contribution < -0.4 is 0 Å². The number of carbonyl (C=O) groups is 1. The summed E-state index contributed by atoms with van der Waals surface area (Å²) in [5.74, 6) is -0.0332. The molecule has 3 aliphatic rings. The summed E-state index contributed by atoms with van der Waals surface area (Å²) in [6.07, 6.45) is 7.84. The number of ether oxygens (including phenoxy) is 1. The maximum Gasteiger partial charge on any atom is 0.306 e. The lowest BCUT2D eigenvalue weighted by atomic mass is 9.51. The summed E-state index contributed by atoms with van der Waals surface area (Å²) in [5.41, 5.74) is 2.13. The summed E-state index contributed by atoms with van der Waals surface area (Å²) in [7, 11) is 1.50. The molecule has 2 nitrogen and oxygen atoms in total. The first-order valence-electron chi connectivity index (χ1n) is 7.31. The fourth-order valence-corrected chi connectivity index (χ4v) is 4.13. The average Bonchev–Trinajstić information content (AvgIpc) is 2.49. The Morgan fingerprint density at radius 2 is 1.63 bits per heavy atom. The standard InChI is InChI=1S/C17H22O2/c1-19-15(18)13-16-7-10-17(11-8-16,12-9-16)14-5-3-2-4-6-14/h2-6H,7-13H2,1H3. The van der Waals surface area contributed by atoms with Gasteiger partial charge in [0.25, 0.3) is 0 Å². The van der Waals surface area contributed by atoms with Crippen LogP contribution in [0.3, 0.4) is 0 Å². The molecule has 0 atom stereocenters. The molecule has 0 aliphatic heterocycles. The minimum Gasteiger partial charge on any atom is -0.469 e. The Bertz CT molecular complexity index is 439. The topological polar surface area (TPSA) is 26.3 Å². The van der Waals surface area contributed by atoms with E-state index in [4.69, 9.17) is 4.74 Å². The van der Waals surface area contributed by atoms with E-state index in [0.717, 1.165) is 0 Å². The van der Waals surface area contributed by atoms with Gasteiger partial charge in [-0.3, -0.25) is 4.79 Å². The van der Waals surface area contributed by atoms with E-state index in [1.165, 1.54) is 51.2 Å². The summed E-state index contributed by atoms with van der Waals surface area (Å²) in [5, 5.41) is 0. The Labute approximate surface area is 115 Å². The van der Waals surface area contributed by atoms with Crippen LogP contribution in [0.15, 0.2) is 30.3 Å². The van der Waals surface area contributed by atoms with Gasteiger partial charge in [-0.1, -0.05) is 30.3 Å². The van der Waals surface area contributed by atoms with Gasteiger partial charge in [0.2, 0.25) is 0 Å². The van der Waals surface area contributed by atoms with Crippen LogP contribution in [0.4, 0.5) is 0 Å². The van der Waals surface area contributed by atoms with Crippen molar-refractivity contribution in [2.45, 2.75) is 50.4 Å². The van der Waals surface area contributed by atoms with Gasteiger partial charge in [0.15, 0.2) is 0 Å². The summed E-state index contributed by atoms with van der Waals surface area (Å²) < 4.78 is 4.87. The zero-order valence-corrected chi connectivity index (χ0v) is 11.7. The molecular formula is C17H22O2. The molecule has 2 heteroatoms. The van der Waals surface area contributed by atoms with E-state index in [1.807, 2.05) is 0 Å². The number of carbonyl (C=O) groups excluding carboxylic acids is 1. The molecule has 2 bridgehead atoms. The predicted molar refractivity (Wildman–Crippen MR) is 74.9 cm³/mol. The Morgan fingerprint density at radius 3 is 2.16 bits per heavy atom. The molecule has 0 heterocycles. The van der Waals surface area contributed by atoms with Gasteiger partial charge in [-0.2, -0.15) is 0 Å². The minimum absolute atomic E-state index is 0.0332. The smallest absolute Gasteiger partial charge is 0.306 e. The first-order valence-corrected chi connectivity index (χ1v) is 7.31. The van der Waals surface area contributed by atoms with Crippen LogP contribution in [-0.4, -0.2) is 13.1 Å². The summed E-state index contributed by atoms with van der Waals surface area (Å²) in [6, 6.07) is 10.9. The molecule has 4 rings (SSSR count). The zero-order chi connectivity index (χ0) is 13.3. The third-order valence-electron chi connectivity index (χ3n) is 5.53. The van der Waals surface area contributed by atoms with Crippen LogP contribution in [0.1, 0.15) is 50.5 Å². The molecule has 0 aromatic heterocycles. The lowest BCUT2D eigenvalue weighted by molar-refractivity contribution is -0.145. The molecule has 1 aromatic rings. The molecule has 3 aliphatic carbocycles. The van der Waals surface area contributed by atoms with Gasteiger partial charge >= 0.3 is 5.97 Å². The lowest BCUT2D eigenvalue weighted by Crippen LogP contribution is -2.45. The van der Waals surface area contributed by atoms with Crippen LogP contribution in [0.2, 0.25) is 0 Å². The van der Waals surface area contributed by atoms with Crippen molar-refractivity contribution < 1.29 is 9.53 Å². The van der Waals surface area contributed by atoms with E-state index in [0.29, 0.717) is 11.8 Å². The number of esters is 1. The van der Waals surface area contributed by atoms with Gasteiger partial charge in [0.05, 0.1) is 13.5 Å². The van der Waals surface area contributed by atoms with Crippen molar-refractivity contribution in [3.63, 3.8) is 0 Å². The van der Waals surface area contributed by atoms with E-state index in [1.54, 1.807) is 0 Å². The van der Waals surface area contributed by atoms with E-state index in [-0.39, 0.29) is 11.4 Å². The molecule has 102 valence electrons. The molecule has 0 amide bonds. The predicted octanol–water partition coefficient (Wildman–Crippen LogP) is 3.84. The van der Waals surface area contributed by atoms with Crippen molar-refractivity contribution in [1.29, 1.82) is 0 Å². The molecular weight excluding hydrogens is 236 g/mol. The van der Waals surface area contributed by atoms with Crippen LogP contribution in [0.5, 0.6) is 0 Å². The van der Waals surface area contributed by atoms with Crippen molar-refractivity contribution in [2.24, 2.45) is 5.41 Å². The number of fused-ring (bicyclic) bond motifs is 3. The maximum atomic E-state index is 11.6. The lowest BCUT2D eigenvalue weighted by Gasteiger charge is -2.53. The van der Waals surface area contributed by atoms with E-state index in [2.05, 4.69) is 30.3 Å². The van der Waals surface area contributed by atoms with Crippen molar-refractivity contribution in [3.8, 4) is 0 Å². The first-order chi connectivity index (χ1) is 9.18. The van der Waals surface area contributed by atoms with Crippen molar-refractivity contribution >= 4 is 5.97 Å². The fraction of sp³-hybridized carbons (Fsp3) is 0.588. The second-order valence-electron chi connectivity index (χ2n) is 6.40. The maximum absolute atomic E-state index is 11.6. The second kappa shape index (κ2) is 4.66. The van der Waals surface area contributed by atoms with Gasteiger partial charge in [-0.05, 0) is 54.9 Å². The molecule has 0 spiro atoms. The van der Waals surface area contributed by atoms with Crippen LogP contribution in [0, 0.1) is 5.41 Å². The summed E-state index contributed by atoms with van der Waals surface area (Å²) >= 11 is 0. The first kappa shape index (κ1) is 12.7. The molecule has 0 unspecified atom stereocenters. The Morgan fingerprint density at radius 1 is 1.05 bits per heavy atom. The fourth-order valence-electron chi connectivity index (χ4n) is 4.13.